The van der Waals surface area contributed by atoms with E-state index in [1.54, 1.807) is 6.92 Å². The largest absolute Gasteiger partial charge is 0.485 e. The van der Waals surface area contributed by atoms with Gasteiger partial charge in [0.25, 0.3) is 0 Å². The molecule has 2 aromatic rings. The Kier molecular flexibility index (Phi) is 4.09. The molecule has 104 valence electrons. The molecule has 0 spiro atoms. The predicted octanol–water partition coefficient (Wildman–Crippen LogP) is 2.19. The summed E-state index contributed by atoms with van der Waals surface area (Å²) in [4.78, 5) is 14.5. The van der Waals surface area contributed by atoms with E-state index in [0.717, 1.165) is 6.08 Å². The van der Waals surface area contributed by atoms with Crippen molar-refractivity contribution in [1.82, 2.24) is 10.1 Å². The van der Waals surface area contributed by atoms with E-state index >= 15 is 0 Å². The summed E-state index contributed by atoms with van der Waals surface area (Å²) in [6, 6.07) is 3.80. The number of carboxylic acids is 1. The molecule has 0 bridgehead atoms. The normalized spacial score (nSPS) is 10.9. The second-order valence-electron chi connectivity index (χ2n) is 3.87. The number of benzene rings is 1. The summed E-state index contributed by atoms with van der Waals surface area (Å²) in [5.74, 6) is -0.535. The van der Waals surface area contributed by atoms with Gasteiger partial charge >= 0.3 is 5.97 Å². The Labute approximate surface area is 113 Å². The van der Waals surface area contributed by atoms with Crippen LogP contribution in [0.1, 0.15) is 17.3 Å². The fourth-order valence-electron chi connectivity index (χ4n) is 1.48. The molecule has 0 saturated heterocycles. The molecule has 6 nitrogen and oxygen atoms in total. The van der Waals surface area contributed by atoms with Crippen molar-refractivity contribution < 1.29 is 23.6 Å². The molecule has 0 radical (unpaired) electrons. The lowest BCUT2D eigenvalue weighted by Gasteiger charge is -2.07. The molecule has 1 N–H and O–H groups in total. The molecule has 0 aliphatic heterocycles. The molecule has 1 aromatic heterocycles. The number of nitrogens with zero attached hydrogens (tertiary/aromatic N) is 2. The third-order valence-corrected chi connectivity index (χ3v) is 2.30. The number of hydrogen-bond donors (Lipinski definition) is 1. The molecule has 0 atom stereocenters. The van der Waals surface area contributed by atoms with Crippen molar-refractivity contribution in [3.63, 3.8) is 0 Å². The van der Waals surface area contributed by atoms with E-state index in [9.17, 15) is 9.18 Å². The molecule has 0 aliphatic rings. The number of aliphatic carboxylic acids is 1. The molecule has 1 aromatic carbocycles. The van der Waals surface area contributed by atoms with Crippen LogP contribution in [0.4, 0.5) is 4.39 Å². The highest BCUT2D eigenvalue weighted by Crippen LogP contribution is 2.22. The van der Waals surface area contributed by atoms with Crippen LogP contribution in [0.2, 0.25) is 0 Å². The first-order valence-electron chi connectivity index (χ1n) is 5.67. The average Bonchev–Trinajstić information content (AvgIpc) is 2.81. The van der Waals surface area contributed by atoms with Gasteiger partial charge < -0.3 is 14.4 Å². The minimum Gasteiger partial charge on any atom is -0.485 e. The monoisotopic (exact) mass is 278 g/mol. The van der Waals surface area contributed by atoms with Crippen LogP contribution in [0, 0.1) is 12.7 Å². The van der Waals surface area contributed by atoms with Crippen LogP contribution in [0.3, 0.4) is 0 Å². The summed E-state index contributed by atoms with van der Waals surface area (Å²) in [6.07, 6.45) is 2.16. The van der Waals surface area contributed by atoms with Gasteiger partial charge in [-0.1, -0.05) is 5.16 Å². The SMILES string of the molecule is Cc1nc(COc2ccc(F)cc2/C=C/C(=O)O)no1. The highest BCUT2D eigenvalue weighted by molar-refractivity contribution is 5.85. The lowest BCUT2D eigenvalue weighted by atomic mass is 10.2. The topological polar surface area (TPSA) is 85.5 Å². The van der Waals surface area contributed by atoms with E-state index in [0.29, 0.717) is 23.0 Å². The Hall–Kier alpha value is -2.70. The summed E-state index contributed by atoms with van der Waals surface area (Å²) in [5.41, 5.74) is 0.313. The van der Waals surface area contributed by atoms with Crippen molar-refractivity contribution in [1.29, 1.82) is 0 Å². The Balaban J connectivity index is 2.15. The van der Waals surface area contributed by atoms with Gasteiger partial charge in [0.05, 0.1) is 0 Å². The zero-order valence-corrected chi connectivity index (χ0v) is 10.5. The summed E-state index contributed by atoms with van der Waals surface area (Å²) in [5, 5.41) is 12.2. The smallest absolute Gasteiger partial charge is 0.328 e. The van der Waals surface area contributed by atoms with Crippen molar-refractivity contribution in [3.8, 4) is 5.75 Å². The maximum absolute atomic E-state index is 13.2. The number of aryl methyl sites for hydroxylation is 1. The van der Waals surface area contributed by atoms with Gasteiger partial charge in [-0.05, 0) is 24.3 Å². The van der Waals surface area contributed by atoms with Crippen molar-refractivity contribution in [3.05, 3.63) is 47.4 Å². The Bertz CT molecular complexity index is 652. The Morgan fingerprint density at radius 1 is 1.55 bits per heavy atom. The van der Waals surface area contributed by atoms with Gasteiger partial charge in [-0.15, -0.1) is 0 Å². The summed E-state index contributed by atoms with van der Waals surface area (Å²) in [7, 11) is 0. The maximum Gasteiger partial charge on any atom is 0.328 e. The van der Waals surface area contributed by atoms with Crippen molar-refractivity contribution >= 4 is 12.0 Å². The molecule has 2 rings (SSSR count). The quantitative estimate of drug-likeness (QED) is 0.844. The van der Waals surface area contributed by atoms with Crippen LogP contribution in [0.15, 0.2) is 28.8 Å². The Morgan fingerprint density at radius 3 is 3.00 bits per heavy atom. The van der Waals surface area contributed by atoms with Crippen LogP contribution < -0.4 is 4.74 Å². The first-order valence-corrected chi connectivity index (χ1v) is 5.67. The minimum atomic E-state index is -1.13. The molecular formula is C13H11FN2O4. The van der Waals surface area contributed by atoms with Crippen LogP contribution in [0.25, 0.3) is 6.08 Å². The minimum absolute atomic E-state index is 0.0386. The number of ether oxygens (including phenoxy) is 1. The number of halogens is 1. The lowest BCUT2D eigenvalue weighted by molar-refractivity contribution is -0.131. The number of carboxylic acid groups (broad SMARTS) is 1. The van der Waals surface area contributed by atoms with Gasteiger partial charge in [0, 0.05) is 18.6 Å². The zero-order valence-electron chi connectivity index (χ0n) is 10.5. The van der Waals surface area contributed by atoms with Crippen LogP contribution in [-0.2, 0) is 11.4 Å². The fraction of sp³-hybridized carbons (Fsp3) is 0.154. The van der Waals surface area contributed by atoms with E-state index in [-0.39, 0.29) is 6.61 Å². The van der Waals surface area contributed by atoms with Crippen molar-refractivity contribution in [2.75, 3.05) is 0 Å². The molecule has 20 heavy (non-hydrogen) atoms. The van der Waals surface area contributed by atoms with Crippen LogP contribution in [-0.4, -0.2) is 21.2 Å². The average molecular weight is 278 g/mol. The molecule has 7 heteroatoms. The fourth-order valence-corrected chi connectivity index (χ4v) is 1.48. The van der Waals surface area contributed by atoms with Gasteiger partial charge in [0.2, 0.25) is 11.7 Å². The molecule has 0 saturated carbocycles. The third-order valence-electron chi connectivity index (χ3n) is 2.30. The van der Waals surface area contributed by atoms with Gasteiger partial charge in [0.1, 0.15) is 11.6 Å². The first-order chi connectivity index (χ1) is 9.54. The number of rotatable bonds is 5. The number of carbonyl (C=O) groups is 1. The van der Waals surface area contributed by atoms with E-state index in [2.05, 4.69) is 10.1 Å². The summed E-state index contributed by atoms with van der Waals surface area (Å²) < 4.78 is 23.4. The second kappa shape index (κ2) is 5.96. The van der Waals surface area contributed by atoms with Gasteiger partial charge in [0.15, 0.2) is 6.61 Å². The third kappa shape index (κ3) is 3.64. The van der Waals surface area contributed by atoms with E-state index in [4.69, 9.17) is 14.4 Å². The predicted molar refractivity (Wildman–Crippen MR) is 66.4 cm³/mol. The number of aromatic nitrogens is 2. The highest BCUT2D eigenvalue weighted by Gasteiger charge is 2.07. The molecule has 0 fully saturated rings. The van der Waals surface area contributed by atoms with Gasteiger partial charge in [-0.25, -0.2) is 9.18 Å². The standard InChI is InChI=1S/C13H11FN2O4/c1-8-15-12(16-20-8)7-19-11-4-3-10(14)6-9(11)2-5-13(17)18/h2-6H,7H2,1H3,(H,17,18)/b5-2+. The summed E-state index contributed by atoms with van der Waals surface area (Å²) >= 11 is 0. The zero-order chi connectivity index (χ0) is 14.5. The molecule has 0 amide bonds. The van der Waals surface area contributed by atoms with Crippen molar-refractivity contribution in [2.24, 2.45) is 0 Å². The Morgan fingerprint density at radius 2 is 2.35 bits per heavy atom. The van der Waals surface area contributed by atoms with Crippen LogP contribution >= 0.6 is 0 Å². The highest BCUT2D eigenvalue weighted by atomic mass is 19.1. The molecule has 0 aliphatic carbocycles. The molecule has 1 heterocycles. The molecular weight excluding hydrogens is 267 g/mol. The summed E-state index contributed by atoms with van der Waals surface area (Å²) in [6.45, 7) is 1.69. The first kappa shape index (κ1) is 13.7. The van der Waals surface area contributed by atoms with E-state index in [1.165, 1.54) is 24.3 Å². The maximum atomic E-state index is 13.2. The van der Waals surface area contributed by atoms with E-state index in [1.807, 2.05) is 0 Å². The van der Waals surface area contributed by atoms with Crippen LogP contribution in [0.5, 0.6) is 5.75 Å². The van der Waals surface area contributed by atoms with Gasteiger partial charge in [-0.3, -0.25) is 0 Å². The van der Waals surface area contributed by atoms with Crippen molar-refractivity contribution in [2.45, 2.75) is 13.5 Å². The second-order valence-corrected chi connectivity index (χ2v) is 3.87. The lowest BCUT2D eigenvalue weighted by Crippen LogP contribution is -1.99. The van der Waals surface area contributed by atoms with E-state index < -0.39 is 11.8 Å². The molecule has 0 unspecified atom stereocenters. The van der Waals surface area contributed by atoms with Gasteiger partial charge in [-0.2, -0.15) is 4.98 Å². The number of hydrogen-bond acceptors (Lipinski definition) is 5.